The molecule has 15 rings (SSSR count). The zero-order chi connectivity index (χ0) is 43.0. The van der Waals surface area contributed by atoms with E-state index in [1.165, 1.54) is 98.7 Å². The van der Waals surface area contributed by atoms with Crippen molar-refractivity contribution in [2.45, 2.75) is 12.0 Å². The van der Waals surface area contributed by atoms with Gasteiger partial charge in [-0.05, 0) is 81.4 Å². The number of nitrogens with zero attached hydrogens (tertiary/aromatic N) is 4. The van der Waals surface area contributed by atoms with Gasteiger partial charge in [-0.25, -0.2) is 15.0 Å². The van der Waals surface area contributed by atoms with E-state index < -0.39 is 0 Å². The summed E-state index contributed by atoms with van der Waals surface area (Å²) in [4.78, 5) is 19.2. The standard InChI is InChI=1S/C59H34N4S3/c1-3-15-35-31-46-43(29-33(35)13-1)44-30-34-14-2-4-16-36(34)32-47(44)63(46)45-28-27-42(56-55(45)39-19-7-10-24-50(39)66-56)59-61-57(40-20-11-25-51-53(40)37-17-5-8-22-48(37)64-51)60-58(62-59)41-21-12-26-52-54(41)38-18-6-9-23-49(38)65-52/h1-32,43,46H. The van der Waals surface area contributed by atoms with E-state index >= 15 is 0 Å². The molecule has 0 radical (unpaired) electrons. The smallest absolute Gasteiger partial charge is 0.165 e. The van der Waals surface area contributed by atoms with Gasteiger partial charge in [0.2, 0.25) is 0 Å². The molecule has 2 atom stereocenters. The van der Waals surface area contributed by atoms with E-state index in [9.17, 15) is 0 Å². The molecule has 0 N–H and O–H groups in total. The van der Waals surface area contributed by atoms with Crippen LogP contribution < -0.4 is 15.3 Å². The van der Waals surface area contributed by atoms with Crippen LogP contribution >= 0.6 is 34.0 Å². The first-order chi connectivity index (χ1) is 32.7. The van der Waals surface area contributed by atoms with E-state index in [2.05, 4.69) is 199 Å². The average Bonchev–Trinajstić information content (AvgIpc) is 4.14. The summed E-state index contributed by atoms with van der Waals surface area (Å²) >= 11 is 5.46. The van der Waals surface area contributed by atoms with E-state index in [4.69, 9.17) is 15.0 Å². The van der Waals surface area contributed by atoms with Crippen molar-refractivity contribution in [3.8, 4) is 34.2 Å². The van der Waals surface area contributed by atoms with Crippen molar-refractivity contribution < 1.29 is 0 Å². The second-order valence-electron chi connectivity index (χ2n) is 17.4. The lowest BCUT2D eigenvalue weighted by Gasteiger charge is -2.30. The molecule has 0 saturated heterocycles. The number of benzene rings is 9. The molecule has 0 saturated carbocycles. The summed E-state index contributed by atoms with van der Waals surface area (Å²) in [5.74, 6) is 2.21. The Morgan fingerprint density at radius 3 is 1.52 bits per heavy atom. The molecule has 66 heavy (non-hydrogen) atoms. The fourth-order valence-corrected chi connectivity index (χ4v) is 14.4. The van der Waals surface area contributed by atoms with Gasteiger partial charge in [0.15, 0.2) is 17.5 Å². The van der Waals surface area contributed by atoms with Gasteiger partial charge in [-0.2, -0.15) is 0 Å². The Balaban J connectivity index is 1.01. The van der Waals surface area contributed by atoms with Crippen molar-refractivity contribution in [2.24, 2.45) is 0 Å². The lowest BCUT2D eigenvalue weighted by Crippen LogP contribution is -2.38. The molecule has 4 aromatic heterocycles. The topological polar surface area (TPSA) is 41.9 Å². The number of thiophene rings is 3. The number of aromatic nitrogens is 3. The Kier molecular flexibility index (Phi) is 7.78. The first-order valence-electron chi connectivity index (χ1n) is 22.3. The Morgan fingerprint density at radius 2 is 0.879 bits per heavy atom. The highest BCUT2D eigenvalue weighted by Gasteiger charge is 2.39. The van der Waals surface area contributed by atoms with E-state index in [0.29, 0.717) is 17.5 Å². The summed E-state index contributed by atoms with van der Waals surface area (Å²) in [5, 5.41) is 12.3. The number of rotatable bonds is 4. The van der Waals surface area contributed by atoms with Gasteiger partial charge in [-0.3, -0.25) is 0 Å². The minimum atomic E-state index is 0.0941. The second-order valence-corrected chi connectivity index (χ2v) is 20.6. The minimum absolute atomic E-state index is 0.0941. The largest absolute Gasteiger partial charge is 0.333 e. The van der Waals surface area contributed by atoms with Crippen LogP contribution in [0.25, 0.3) is 118 Å². The highest BCUT2D eigenvalue weighted by Crippen LogP contribution is 2.53. The normalized spacial score (nSPS) is 15.5. The zero-order valence-corrected chi connectivity index (χ0v) is 37.6. The van der Waals surface area contributed by atoms with Gasteiger partial charge < -0.3 is 4.90 Å². The van der Waals surface area contributed by atoms with Gasteiger partial charge in [-0.15, -0.1) is 34.0 Å². The maximum absolute atomic E-state index is 5.54. The van der Waals surface area contributed by atoms with Gasteiger partial charge in [-0.1, -0.05) is 140 Å². The Morgan fingerprint density at radius 1 is 0.379 bits per heavy atom. The van der Waals surface area contributed by atoms with Gasteiger partial charge in [0.25, 0.3) is 0 Å². The van der Waals surface area contributed by atoms with Crippen molar-refractivity contribution in [3.05, 3.63) is 198 Å². The Hall–Kier alpha value is -7.55. The van der Waals surface area contributed by atoms with Crippen molar-refractivity contribution in [2.75, 3.05) is 4.90 Å². The monoisotopic (exact) mass is 894 g/mol. The van der Waals surface area contributed by atoms with E-state index in [0.717, 1.165) is 16.7 Å². The third-order valence-electron chi connectivity index (χ3n) is 13.8. The predicted molar refractivity (Wildman–Crippen MR) is 282 cm³/mol. The van der Waals surface area contributed by atoms with Crippen LogP contribution in [0.15, 0.2) is 182 Å². The third-order valence-corrected chi connectivity index (χ3v) is 17.3. The first kappa shape index (κ1) is 36.8. The van der Waals surface area contributed by atoms with E-state index in [1.54, 1.807) is 0 Å². The van der Waals surface area contributed by atoms with Crippen molar-refractivity contribution in [1.82, 2.24) is 15.0 Å². The molecule has 5 heterocycles. The molecule has 0 amide bonds. The maximum Gasteiger partial charge on any atom is 0.165 e. The average molecular weight is 895 g/mol. The minimum Gasteiger partial charge on any atom is -0.333 e. The Bertz CT molecular complexity index is 4220. The fraction of sp³-hybridized carbons (Fsp3) is 0.0339. The molecule has 0 bridgehead atoms. The van der Waals surface area contributed by atoms with Crippen LogP contribution in [0.4, 0.5) is 11.4 Å². The SMILES string of the molecule is C1=c2ccccc2=CC2C1c1cc3ccccc3cc1N2c1ccc(-c2nc(-c3cccc4sc5ccccc5c34)nc(-c3cccc4sc5ccccc5c34)n2)c2sc3ccccc3c12. The molecule has 2 aliphatic rings. The molecule has 308 valence electrons. The molecule has 4 nitrogen and oxygen atoms in total. The molecular formula is C59H34N4S3. The summed E-state index contributed by atoms with van der Waals surface area (Å²) in [5.41, 5.74) is 6.83. The quantitative estimate of drug-likeness (QED) is 0.177. The van der Waals surface area contributed by atoms with Crippen LogP contribution in [-0.4, -0.2) is 21.0 Å². The van der Waals surface area contributed by atoms with Crippen LogP contribution in [0.1, 0.15) is 11.5 Å². The molecule has 13 aromatic rings. The number of anilines is 2. The molecule has 7 heteroatoms. The van der Waals surface area contributed by atoms with E-state index in [-0.39, 0.29) is 12.0 Å². The lowest BCUT2D eigenvalue weighted by molar-refractivity contribution is 0.804. The molecule has 0 fully saturated rings. The Labute approximate surface area is 390 Å². The summed E-state index contributed by atoms with van der Waals surface area (Å²) < 4.78 is 7.34. The van der Waals surface area contributed by atoms with Crippen LogP contribution in [0.2, 0.25) is 0 Å². The fourth-order valence-electron chi connectivity index (χ4n) is 10.9. The molecule has 2 unspecified atom stereocenters. The van der Waals surface area contributed by atoms with Crippen LogP contribution in [0.3, 0.4) is 0 Å². The summed E-state index contributed by atoms with van der Waals surface area (Å²) in [6.07, 6.45) is 4.99. The molecule has 0 spiro atoms. The highest BCUT2D eigenvalue weighted by molar-refractivity contribution is 7.27. The molecule has 1 aliphatic carbocycles. The van der Waals surface area contributed by atoms with Crippen LogP contribution in [0.5, 0.6) is 0 Å². The van der Waals surface area contributed by atoms with Gasteiger partial charge in [0.05, 0.1) is 11.7 Å². The van der Waals surface area contributed by atoms with Crippen LogP contribution in [-0.2, 0) is 0 Å². The number of hydrogen-bond donors (Lipinski definition) is 0. The predicted octanol–water partition coefficient (Wildman–Crippen LogP) is 15.0. The van der Waals surface area contributed by atoms with Gasteiger partial charge >= 0.3 is 0 Å². The van der Waals surface area contributed by atoms with Gasteiger partial charge in [0.1, 0.15) is 0 Å². The number of hydrogen-bond acceptors (Lipinski definition) is 7. The maximum atomic E-state index is 5.54. The van der Waals surface area contributed by atoms with Crippen molar-refractivity contribution in [1.29, 1.82) is 0 Å². The van der Waals surface area contributed by atoms with Crippen molar-refractivity contribution in [3.63, 3.8) is 0 Å². The molecule has 9 aromatic carbocycles. The van der Waals surface area contributed by atoms with Crippen molar-refractivity contribution >= 4 is 129 Å². The lowest BCUT2D eigenvalue weighted by atomic mass is 9.88. The third kappa shape index (κ3) is 5.33. The first-order valence-corrected chi connectivity index (χ1v) is 24.8. The zero-order valence-electron chi connectivity index (χ0n) is 35.1. The molecule has 1 aliphatic heterocycles. The van der Waals surface area contributed by atoms with Gasteiger partial charge in [0, 0.05) is 88.8 Å². The second kappa shape index (κ2) is 14.0. The van der Waals surface area contributed by atoms with E-state index in [1.807, 2.05) is 34.0 Å². The summed E-state index contributed by atoms with van der Waals surface area (Å²) in [6.45, 7) is 0. The van der Waals surface area contributed by atoms with Crippen LogP contribution in [0, 0.1) is 0 Å². The summed E-state index contributed by atoms with van der Waals surface area (Å²) in [7, 11) is 0. The number of fused-ring (bicyclic) bond motifs is 14. The molecular weight excluding hydrogens is 861 g/mol. The summed E-state index contributed by atoms with van der Waals surface area (Å²) in [6, 6.07) is 66.5. The highest BCUT2D eigenvalue weighted by atomic mass is 32.1.